The molecule has 1 heterocycles. The zero-order valence-corrected chi connectivity index (χ0v) is 14.5. The SMILES string of the molecule is COCCCc1nc(C)c(CC(C)CNC(C)C)c(C)n1. The molecule has 21 heavy (non-hydrogen) atoms. The van der Waals surface area contributed by atoms with Crippen LogP contribution in [0.25, 0.3) is 0 Å². The van der Waals surface area contributed by atoms with Crippen LogP contribution in [-0.4, -0.2) is 36.3 Å². The van der Waals surface area contributed by atoms with Gasteiger partial charge in [-0.15, -0.1) is 0 Å². The molecule has 0 aliphatic rings. The van der Waals surface area contributed by atoms with Crippen molar-refractivity contribution in [2.75, 3.05) is 20.3 Å². The van der Waals surface area contributed by atoms with Gasteiger partial charge in [-0.3, -0.25) is 0 Å². The van der Waals surface area contributed by atoms with Crippen molar-refractivity contribution in [2.45, 2.75) is 59.9 Å². The summed E-state index contributed by atoms with van der Waals surface area (Å²) < 4.78 is 5.08. The van der Waals surface area contributed by atoms with E-state index >= 15 is 0 Å². The van der Waals surface area contributed by atoms with Crippen molar-refractivity contribution in [2.24, 2.45) is 5.92 Å². The van der Waals surface area contributed by atoms with E-state index in [1.807, 2.05) is 0 Å². The van der Waals surface area contributed by atoms with Gasteiger partial charge in [-0.2, -0.15) is 0 Å². The van der Waals surface area contributed by atoms with Crippen LogP contribution >= 0.6 is 0 Å². The van der Waals surface area contributed by atoms with Gasteiger partial charge in [0.1, 0.15) is 5.82 Å². The average molecular weight is 293 g/mol. The first-order chi connectivity index (χ1) is 9.93. The van der Waals surface area contributed by atoms with Gasteiger partial charge in [0.05, 0.1) is 0 Å². The summed E-state index contributed by atoms with van der Waals surface area (Å²) in [6, 6.07) is 0.536. The molecular weight excluding hydrogens is 262 g/mol. The molecular formula is C17H31N3O. The first-order valence-corrected chi connectivity index (χ1v) is 7.99. The van der Waals surface area contributed by atoms with E-state index in [9.17, 15) is 0 Å². The molecule has 1 atom stereocenters. The van der Waals surface area contributed by atoms with E-state index in [-0.39, 0.29) is 0 Å². The first kappa shape index (κ1) is 18.1. The second-order valence-electron chi connectivity index (χ2n) is 6.26. The van der Waals surface area contributed by atoms with Crippen LogP contribution in [0.4, 0.5) is 0 Å². The number of hydrogen-bond donors (Lipinski definition) is 1. The molecule has 0 saturated heterocycles. The molecule has 0 spiro atoms. The van der Waals surface area contributed by atoms with Gasteiger partial charge in [-0.1, -0.05) is 20.8 Å². The summed E-state index contributed by atoms with van der Waals surface area (Å²) in [6.07, 6.45) is 2.90. The third-order valence-electron chi connectivity index (χ3n) is 3.64. The van der Waals surface area contributed by atoms with Crippen LogP contribution in [0.2, 0.25) is 0 Å². The second kappa shape index (κ2) is 9.11. The molecule has 0 aliphatic carbocycles. The predicted octanol–water partition coefficient (Wildman–Crippen LogP) is 2.85. The summed E-state index contributed by atoms with van der Waals surface area (Å²) in [7, 11) is 1.73. The van der Waals surface area contributed by atoms with Crippen molar-refractivity contribution in [3.63, 3.8) is 0 Å². The van der Waals surface area contributed by atoms with Gasteiger partial charge < -0.3 is 10.1 Å². The standard InChI is InChI=1S/C17H31N3O/c1-12(2)18-11-13(3)10-16-14(4)19-17(20-15(16)5)8-7-9-21-6/h12-13,18H,7-11H2,1-6H3. The smallest absolute Gasteiger partial charge is 0.128 e. The number of aromatic nitrogens is 2. The zero-order valence-electron chi connectivity index (χ0n) is 14.5. The van der Waals surface area contributed by atoms with Gasteiger partial charge in [-0.05, 0) is 44.7 Å². The van der Waals surface area contributed by atoms with E-state index < -0.39 is 0 Å². The Kier molecular flexibility index (Phi) is 7.83. The maximum atomic E-state index is 5.08. The zero-order chi connectivity index (χ0) is 15.8. The van der Waals surface area contributed by atoms with Gasteiger partial charge in [-0.25, -0.2) is 9.97 Å². The van der Waals surface area contributed by atoms with Gasteiger partial charge in [0.2, 0.25) is 0 Å². The monoisotopic (exact) mass is 293 g/mol. The molecule has 1 rings (SSSR count). The van der Waals surface area contributed by atoms with Crippen LogP contribution < -0.4 is 5.32 Å². The maximum Gasteiger partial charge on any atom is 0.128 e. The van der Waals surface area contributed by atoms with Crippen molar-refractivity contribution in [1.29, 1.82) is 0 Å². The minimum Gasteiger partial charge on any atom is -0.385 e. The van der Waals surface area contributed by atoms with E-state index in [0.29, 0.717) is 12.0 Å². The maximum absolute atomic E-state index is 5.08. The summed E-state index contributed by atoms with van der Waals surface area (Å²) >= 11 is 0. The lowest BCUT2D eigenvalue weighted by Gasteiger charge is -2.17. The number of nitrogens with one attached hydrogen (secondary N) is 1. The Hall–Kier alpha value is -1.00. The van der Waals surface area contributed by atoms with Crippen molar-refractivity contribution < 1.29 is 4.74 Å². The molecule has 0 bridgehead atoms. The molecule has 1 aromatic heterocycles. The molecule has 0 aromatic carbocycles. The first-order valence-electron chi connectivity index (χ1n) is 7.99. The van der Waals surface area contributed by atoms with E-state index in [0.717, 1.165) is 49.6 Å². The lowest BCUT2D eigenvalue weighted by atomic mass is 9.98. The normalized spacial score (nSPS) is 12.9. The Balaban J connectivity index is 2.66. The molecule has 1 unspecified atom stereocenters. The fourth-order valence-corrected chi connectivity index (χ4v) is 2.45. The predicted molar refractivity (Wildman–Crippen MR) is 87.7 cm³/mol. The molecule has 0 fully saturated rings. The van der Waals surface area contributed by atoms with Crippen LogP contribution in [0.3, 0.4) is 0 Å². The van der Waals surface area contributed by atoms with Gasteiger partial charge in [0.15, 0.2) is 0 Å². The molecule has 1 aromatic rings. The van der Waals surface area contributed by atoms with E-state index in [2.05, 4.69) is 49.9 Å². The Labute approximate surface area is 129 Å². The molecule has 4 heteroatoms. The summed E-state index contributed by atoms with van der Waals surface area (Å²) in [5.41, 5.74) is 3.57. The quantitative estimate of drug-likeness (QED) is 0.711. The lowest BCUT2D eigenvalue weighted by molar-refractivity contribution is 0.194. The lowest BCUT2D eigenvalue weighted by Crippen LogP contribution is -2.29. The fourth-order valence-electron chi connectivity index (χ4n) is 2.45. The molecule has 1 N–H and O–H groups in total. The minimum absolute atomic E-state index is 0.536. The number of nitrogens with zero attached hydrogens (tertiary/aromatic N) is 2. The molecule has 120 valence electrons. The highest BCUT2D eigenvalue weighted by Crippen LogP contribution is 2.16. The summed E-state index contributed by atoms with van der Waals surface area (Å²) in [5.74, 6) is 1.53. The van der Waals surface area contributed by atoms with Gasteiger partial charge >= 0.3 is 0 Å². The number of methoxy groups -OCH3 is 1. The van der Waals surface area contributed by atoms with Crippen LogP contribution in [0.1, 0.15) is 50.0 Å². The number of aryl methyl sites for hydroxylation is 3. The van der Waals surface area contributed by atoms with Crippen LogP contribution in [0.5, 0.6) is 0 Å². The fraction of sp³-hybridized carbons (Fsp3) is 0.765. The van der Waals surface area contributed by atoms with Gasteiger partial charge in [0, 0.05) is 37.6 Å². The summed E-state index contributed by atoms with van der Waals surface area (Å²) in [5, 5.41) is 3.50. The third-order valence-corrected chi connectivity index (χ3v) is 3.64. The van der Waals surface area contributed by atoms with E-state index in [1.54, 1.807) is 7.11 Å². The molecule has 4 nitrogen and oxygen atoms in total. The highest BCUT2D eigenvalue weighted by atomic mass is 16.5. The largest absolute Gasteiger partial charge is 0.385 e. The van der Waals surface area contributed by atoms with Gasteiger partial charge in [0.25, 0.3) is 0 Å². The summed E-state index contributed by atoms with van der Waals surface area (Å²) in [4.78, 5) is 9.33. The van der Waals surface area contributed by atoms with Crippen molar-refractivity contribution in [1.82, 2.24) is 15.3 Å². The Bertz CT molecular complexity index is 409. The van der Waals surface area contributed by atoms with Crippen LogP contribution in [0, 0.1) is 19.8 Å². The molecule has 0 aliphatic heterocycles. The minimum atomic E-state index is 0.536. The third kappa shape index (κ3) is 6.53. The topological polar surface area (TPSA) is 47.0 Å². The van der Waals surface area contributed by atoms with Crippen LogP contribution in [0.15, 0.2) is 0 Å². The average Bonchev–Trinajstić information content (AvgIpc) is 2.41. The van der Waals surface area contributed by atoms with Crippen molar-refractivity contribution >= 4 is 0 Å². The number of rotatable bonds is 9. The molecule has 0 radical (unpaired) electrons. The molecule has 0 amide bonds. The number of ether oxygens (including phenoxy) is 1. The highest BCUT2D eigenvalue weighted by molar-refractivity contribution is 5.25. The number of hydrogen-bond acceptors (Lipinski definition) is 4. The van der Waals surface area contributed by atoms with Crippen molar-refractivity contribution in [3.8, 4) is 0 Å². The highest BCUT2D eigenvalue weighted by Gasteiger charge is 2.12. The Morgan fingerprint density at radius 2 is 1.71 bits per heavy atom. The van der Waals surface area contributed by atoms with E-state index in [4.69, 9.17) is 4.74 Å². The second-order valence-corrected chi connectivity index (χ2v) is 6.26. The van der Waals surface area contributed by atoms with Crippen LogP contribution in [-0.2, 0) is 17.6 Å². The Morgan fingerprint density at radius 1 is 1.10 bits per heavy atom. The molecule has 0 saturated carbocycles. The van der Waals surface area contributed by atoms with Crippen molar-refractivity contribution in [3.05, 3.63) is 22.8 Å². The van der Waals surface area contributed by atoms with E-state index in [1.165, 1.54) is 5.56 Å². The summed E-state index contributed by atoms with van der Waals surface area (Å²) in [6.45, 7) is 12.6. The Morgan fingerprint density at radius 3 is 2.24 bits per heavy atom.